The highest BCUT2D eigenvalue weighted by Crippen LogP contribution is 2.29. The van der Waals surface area contributed by atoms with Crippen LogP contribution in [0.5, 0.6) is 0 Å². The predicted molar refractivity (Wildman–Crippen MR) is 104 cm³/mol. The van der Waals surface area contributed by atoms with Gasteiger partial charge in [0.15, 0.2) is 0 Å². The Balaban J connectivity index is 1.49. The number of fused-ring (bicyclic) bond motifs is 1. The van der Waals surface area contributed by atoms with Crippen LogP contribution in [0.3, 0.4) is 0 Å². The van der Waals surface area contributed by atoms with E-state index in [0.717, 1.165) is 25.7 Å². The predicted octanol–water partition coefficient (Wildman–Crippen LogP) is 1.78. The van der Waals surface area contributed by atoms with Gasteiger partial charge in [-0.2, -0.15) is 0 Å². The lowest BCUT2D eigenvalue weighted by Gasteiger charge is -2.36. The molecule has 4 rings (SSSR count). The first kappa shape index (κ1) is 18.2. The van der Waals surface area contributed by atoms with Crippen LogP contribution in [0.25, 0.3) is 10.2 Å². The third kappa shape index (κ3) is 3.16. The third-order valence-corrected chi connectivity index (χ3v) is 6.98. The summed E-state index contributed by atoms with van der Waals surface area (Å²) in [6.07, 6.45) is 5.78. The van der Waals surface area contributed by atoms with Crippen LogP contribution in [0.2, 0.25) is 0 Å². The molecule has 8 heteroatoms. The number of piperazine rings is 1. The van der Waals surface area contributed by atoms with Gasteiger partial charge in [-0.05, 0) is 25.3 Å². The Hall–Kier alpha value is -2.22. The lowest BCUT2D eigenvalue weighted by Crippen LogP contribution is -2.51. The van der Waals surface area contributed by atoms with Crippen molar-refractivity contribution in [1.29, 1.82) is 0 Å². The number of thiophene rings is 1. The Morgan fingerprint density at radius 1 is 1.11 bits per heavy atom. The monoisotopic (exact) mass is 388 g/mol. The van der Waals surface area contributed by atoms with Crippen molar-refractivity contribution >= 4 is 33.4 Å². The van der Waals surface area contributed by atoms with Gasteiger partial charge in [-0.3, -0.25) is 14.4 Å². The first-order valence-corrected chi connectivity index (χ1v) is 10.3. The highest BCUT2D eigenvalue weighted by Gasteiger charge is 2.31. The molecule has 2 amide bonds. The maximum atomic E-state index is 13.0. The van der Waals surface area contributed by atoms with Gasteiger partial charge in [0.1, 0.15) is 4.83 Å². The quantitative estimate of drug-likeness (QED) is 0.786. The van der Waals surface area contributed by atoms with Gasteiger partial charge in [0.25, 0.3) is 11.5 Å². The molecule has 2 aliphatic rings. The number of nitrogens with zero attached hydrogens (tertiary/aromatic N) is 4. The van der Waals surface area contributed by atoms with Crippen LogP contribution >= 0.6 is 11.3 Å². The molecule has 3 heterocycles. The van der Waals surface area contributed by atoms with Crippen molar-refractivity contribution < 1.29 is 9.59 Å². The van der Waals surface area contributed by atoms with E-state index in [-0.39, 0.29) is 23.3 Å². The van der Waals surface area contributed by atoms with E-state index < -0.39 is 0 Å². The SMILES string of the molecule is Cc1c(C(=O)N2CCN(C(=O)C3CCCC3)CC2)sc2ncn(C)c(=O)c12. The van der Waals surface area contributed by atoms with Crippen molar-refractivity contribution in [1.82, 2.24) is 19.4 Å². The number of carbonyl (C=O) groups is 2. The molecule has 1 saturated carbocycles. The molecule has 0 spiro atoms. The van der Waals surface area contributed by atoms with E-state index in [4.69, 9.17) is 0 Å². The van der Waals surface area contributed by atoms with Crippen molar-refractivity contribution in [3.63, 3.8) is 0 Å². The van der Waals surface area contributed by atoms with Crippen molar-refractivity contribution in [3.05, 3.63) is 27.1 Å². The van der Waals surface area contributed by atoms with Crippen molar-refractivity contribution in [2.75, 3.05) is 26.2 Å². The Labute approximate surface area is 161 Å². The Kier molecular flexibility index (Phi) is 4.75. The van der Waals surface area contributed by atoms with Crippen LogP contribution in [0.4, 0.5) is 0 Å². The summed E-state index contributed by atoms with van der Waals surface area (Å²) in [5.41, 5.74) is 0.581. The molecule has 144 valence electrons. The second-order valence-electron chi connectivity index (χ2n) is 7.50. The van der Waals surface area contributed by atoms with E-state index in [1.807, 2.05) is 11.8 Å². The average Bonchev–Trinajstić information content (AvgIpc) is 3.32. The highest BCUT2D eigenvalue weighted by molar-refractivity contribution is 7.20. The van der Waals surface area contributed by atoms with E-state index in [1.165, 1.54) is 22.2 Å². The number of aryl methyl sites for hydroxylation is 2. The first-order chi connectivity index (χ1) is 13.0. The largest absolute Gasteiger partial charge is 0.339 e. The molecule has 0 bridgehead atoms. The minimum Gasteiger partial charge on any atom is -0.339 e. The fourth-order valence-electron chi connectivity index (χ4n) is 4.12. The molecule has 2 aromatic heterocycles. The van der Waals surface area contributed by atoms with Crippen LogP contribution in [-0.4, -0.2) is 57.3 Å². The number of carbonyl (C=O) groups excluding carboxylic acids is 2. The summed E-state index contributed by atoms with van der Waals surface area (Å²) >= 11 is 1.28. The molecule has 0 aromatic carbocycles. The summed E-state index contributed by atoms with van der Waals surface area (Å²) in [7, 11) is 1.66. The molecule has 1 aliphatic carbocycles. The van der Waals surface area contributed by atoms with Crippen molar-refractivity contribution in [3.8, 4) is 0 Å². The Bertz CT molecular complexity index is 950. The molecule has 2 fully saturated rings. The maximum Gasteiger partial charge on any atom is 0.264 e. The van der Waals surface area contributed by atoms with E-state index in [1.54, 1.807) is 11.9 Å². The summed E-state index contributed by atoms with van der Waals surface area (Å²) in [5.74, 6) is 0.371. The van der Waals surface area contributed by atoms with E-state index in [0.29, 0.717) is 46.8 Å². The van der Waals surface area contributed by atoms with Crippen LogP contribution in [-0.2, 0) is 11.8 Å². The zero-order chi connectivity index (χ0) is 19.1. The van der Waals surface area contributed by atoms with E-state index >= 15 is 0 Å². The van der Waals surface area contributed by atoms with Gasteiger partial charge in [-0.25, -0.2) is 4.98 Å². The molecular weight excluding hydrogens is 364 g/mol. The number of hydrogen-bond acceptors (Lipinski definition) is 5. The van der Waals surface area contributed by atoms with Crippen molar-refractivity contribution in [2.45, 2.75) is 32.6 Å². The molecule has 27 heavy (non-hydrogen) atoms. The van der Waals surface area contributed by atoms with Crippen LogP contribution in [0.1, 0.15) is 40.9 Å². The molecule has 0 unspecified atom stereocenters. The van der Waals surface area contributed by atoms with Crippen LogP contribution in [0.15, 0.2) is 11.1 Å². The van der Waals surface area contributed by atoms with Gasteiger partial charge in [0.2, 0.25) is 5.91 Å². The second kappa shape index (κ2) is 7.07. The highest BCUT2D eigenvalue weighted by atomic mass is 32.1. The molecular formula is C19H24N4O3S. The zero-order valence-electron chi connectivity index (χ0n) is 15.7. The molecule has 0 N–H and O–H groups in total. The summed E-state index contributed by atoms with van der Waals surface area (Å²) in [4.78, 5) is 47.1. The number of amides is 2. The Morgan fingerprint density at radius 2 is 1.74 bits per heavy atom. The fourth-order valence-corrected chi connectivity index (χ4v) is 5.22. The average molecular weight is 388 g/mol. The van der Waals surface area contributed by atoms with Gasteiger partial charge < -0.3 is 14.4 Å². The standard InChI is InChI=1S/C19H24N4O3S/c1-12-14-16(20-11-21(2)18(14)25)27-15(12)19(26)23-9-7-22(8-10-23)17(24)13-5-3-4-6-13/h11,13H,3-10H2,1-2H3. The van der Waals surface area contributed by atoms with Crippen molar-refractivity contribution in [2.24, 2.45) is 13.0 Å². The number of aromatic nitrogens is 2. The van der Waals surface area contributed by atoms with E-state index in [2.05, 4.69) is 4.98 Å². The van der Waals surface area contributed by atoms with Gasteiger partial charge in [0, 0.05) is 39.1 Å². The molecule has 2 aromatic rings. The molecule has 1 saturated heterocycles. The zero-order valence-corrected chi connectivity index (χ0v) is 16.5. The second-order valence-corrected chi connectivity index (χ2v) is 8.49. The van der Waals surface area contributed by atoms with Gasteiger partial charge in [-0.1, -0.05) is 12.8 Å². The minimum atomic E-state index is -0.125. The lowest BCUT2D eigenvalue weighted by molar-refractivity contribution is -0.136. The summed E-state index contributed by atoms with van der Waals surface area (Å²) < 4.78 is 1.43. The normalized spacial score (nSPS) is 18.4. The lowest BCUT2D eigenvalue weighted by atomic mass is 10.1. The molecule has 7 nitrogen and oxygen atoms in total. The minimum absolute atomic E-state index is 0.0643. The summed E-state index contributed by atoms with van der Waals surface area (Å²) in [6, 6.07) is 0. The fraction of sp³-hybridized carbons (Fsp3) is 0.579. The Morgan fingerprint density at radius 3 is 2.41 bits per heavy atom. The smallest absolute Gasteiger partial charge is 0.264 e. The van der Waals surface area contributed by atoms with Gasteiger partial charge in [0.05, 0.1) is 16.6 Å². The molecule has 0 radical (unpaired) electrons. The van der Waals surface area contributed by atoms with Gasteiger partial charge >= 0.3 is 0 Å². The van der Waals surface area contributed by atoms with Crippen LogP contribution < -0.4 is 5.56 Å². The first-order valence-electron chi connectivity index (χ1n) is 9.50. The van der Waals surface area contributed by atoms with E-state index in [9.17, 15) is 14.4 Å². The van der Waals surface area contributed by atoms with Gasteiger partial charge in [-0.15, -0.1) is 11.3 Å². The topological polar surface area (TPSA) is 75.5 Å². The van der Waals surface area contributed by atoms with Crippen LogP contribution in [0, 0.1) is 12.8 Å². The number of rotatable bonds is 2. The molecule has 0 atom stereocenters. The summed E-state index contributed by atoms with van der Waals surface area (Å²) in [5, 5.41) is 0.531. The summed E-state index contributed by atoms with van der Waals surface area (Å²) in [6.45, 7) is 4.07. The molecule has 1 aliphatic heterocycles. The maximum absolute atomic E-state index is 13.0. The number of hydrogen-bond donors (Lipinski definition) is 0. The third-order valence-electron chi connectivity index (χ3n) is 5.79.